The molecule has 0 amide bonds. The number of morpholine rings is 1. The van der Waals surface area contributed by atoms with Gasteiger partial charge in [0, 0.05) is 31.0 Å². The van der Waals surface area contributed by atoms with Crippen molar-refractivity contribution in [2.45, 2.75) is 26.0 Å². The van der Waals surface area contributed by atoms with E-state index in [0.717, 1.165) is 18.9 Å². The fourth-order valence-corrected chi connectivity index (χ4v) is 5.41. The van der Waals surface area contributed by atoms with Crippen molar-refractivity contribution in [3.05, 3.63) is 87.3 Å². The molecule has 14 nitrogen and oxygen atoms in total. The maximum absolute atomic E-state index is 13.9. The highest BCUT2D eigenvalue weighted by Gasteiger charge is 2.23. The SMILES string of the molecule is CC(C)(C#N)c1ccc(-n2c(=O)n(COP(=O)(O)O)c(=O)c3cnc4ccc(-c5ccc(N6CCOCC6)nc5)nc4c32)cc1. The molecule has 1 saturated heterocycles. The molecule has 1 aliphatic heterocycles. The van der Waals surface area contributed by atoms with Crippen molar-refractivity contribution >= 4 is 35.6 Å². The van der Waals surface area contributed by atoms with E-state index < -0.39 is 31.2 Å². The molecule has 5 heterocycles. The zero-order valence-electron chi connectivity index (χ0n) is 24.3. The summed E-state index contributed by atoms with van der Waals surface area (Å²) in [6.45, 7) is 5.26. The normalized spacial score (nSPS) is 14.2. The third kappa shape index (κ3) is 5.87. The Hall–Kier alpha value is -4.77. The van der Waals surface area contributed by atoms with Gasteiger partial charge in [-0.05, 0) is 55.8 Å². The Kier molecular flexibility index (Phi) is 7.82. The van der Waals surface area contributed by atoms with Crippen LogP contribution in [0, 0.1) is 11.3 Å². The molecule has 0 saturated carbocycles. The van der Waals surface area contributed by atoms with E-state index in [1.165, 1.54) is 10.8 Å². The predicted molar refractivity (Wildman–Crippen MR) is 165 cm³/mol. The molecule has 1 fully saturated rings. The monoisotopic (exact) mass is 629 g/mol. The standard InChI is InChI=1S/C30H28N7O7P/c1-30(2,17-31)20-4-6-21(7-5-20)37-27-22(28(38)36(29(37)39)18-44-45(40,41)42)16-32-24-9-8-23(34-26(24)27)19-3-10-25(33-15-19)35-11-13-43-14-12-35/h3-10,15-16H,11-14,18H2,1-2H3,(H2,40,41,42). The number of ether oxygens (including phenoxy) is 1. The lowest BCUT2D eigenvalue weighted by molar-refractivity contribution is 0.122. The van der Waals surface area contributed by atoms with Gasteiger partial charge in [0.1, 0.15) is 18.1 Å². The van der Waals surface area contributed by atoms with Crippen LogP contribution in [-0.4, -0.2) is 60.2 Å². The molecule has 1 aliphatic rings. The third-order valence-electron chi connectivity index (χ3n) is 7.67. The average molecular weight is 630 g/mol. The number of phosphoric ester groups is 1. The molecule has 45 heavy (non-hydrogen) atoms. The van der Waals surface area contributed by atoms with Crippen LogP contribution in [0.15, 0.2) is 70.5 Å². The van der Waals surface area contributed by atoms with Crippen LogP contribution in [0.3, 0.4) is 0 Å². The minimum Gasteiger partial charge on any atom is -0.378 e. The second-order valence-corrected chi connectivity index (χ2v) is 12.2. The first-order valence-corrected chi connectivity index (χ1v) is 15.5. The minimum atomic E-state index is -5.02. The van der Waals surface area contributed by atoms with E-state index in [-0.39, 0.29) is 16.4 Å². The van der Waals surface area contributed by atoms with E-state index in [2.05, 4.69) is 25.5 Å². The van der Waals surface area contributed by atoms with Crippen molar-refractivity contribution in [2.24, 2.45) is 0 Å². The first-order valence-electron chi connectivity index (χ1n) is 13.9. The number of anilines is 1. The van der Waals surface area contributed by atoms with Crippen LogP contribution in [0.25, 0.3) is 38.9 Å². The Morgan fingerprint density at radius 2 is 1.76 bits per heavy atom. The molecule has 2 N–H and O–H groups in total. The van der Waals surface area contributed by atoms with Crippen LogP contribution in [0.1, 0.15) is 19.4 Å². The predicted octanol–water partition coefficient (Wildman–Crippen LogP) is 2.86. The van der Waals surface area contributed by atoms with Gasteiger partial charge in [0.05, 0.1) is 52.5 Å². The average Bonchev–Trinajstić information content (AvgIpc) is 3.04. The number of nitriles is 1. The Labute approximate surface area is 256 Å². The minimum absolute atomic E-state index is 0.0247. The van der Waals surface area contributed by atoms with Gasteiger partial charge in [0.2, 0.25) is 0 Å². The van der Waals surface area contributed by atoms with E-state index in [1.807, 2.05) is 12.1 Å². The van der Waals surface area contributed by atoms with Crippen molar-refractivity contribution in [1.29, 1.82) is 5.26 Å². The Morgan fingerprint density at radius 3 is 2.40 bits per heavy atom. The zero-order chi connectivity index (χ0) is 31.9. The summed E-state index contributed by atoms with van der Waals surface area (Å²) < 4.78 is 23.2. The number of fused-ring (bicyclic) bond motifs is 3. The summed E-state index contributed by atoms with van der Waals surface area (Å²) in [5.74, 6) is 0.810. The van der Waals surface area contributed by atoms with Crippen LogP contribution in [0.5, 0.6) is 0 Å². The molecule has 0 spiro atoms. The number of benzene rings is 1. The number of nitrogens with zero attached hydrogens (tertiary/aromatic N) is 7. The first-order chi connectivity index (χ1) is 21.5. The van der Waals surface area contributed by atoms with Gasteiger partial charge in [-0.1, -0.05) is 12.1 Å². The van der Waals surface area contributed by atoms with Crippen molar-refractivity contribution in [1.82, 2.24) is 24.1 Å². The third-order valence-corrected chi connectivity index (χ3v) is 8.12. The van der Waals surface area contributed by atoms with E-state index in [4.69, 9.17) is 9.72 Å². The Balaban J connectivity index is 1.56. The van der Waals surface area contributed by atoms with Crippen molar-refractivity contribution in [3.8, 4) is 23.0 Å². The highest BCUT2D eigenvalue weighted by molar-refractivity contribution is 7.46. The van der Waals surface area contributed by atoms with Crippen molar-refractivity contribution in [2.75, 3.05) is 31.2 Å². The molecule has 15 heteroatoms. The topological polar surface area (TPSA) is 186 Å². The number of rotatable bonds is 7. The molecule has 6 rings (SSSR count). The molecular formula is C30H28N7O7P. The first kappa shape index (κ1) is 30.3. The molecule has 0 atom stereocenters. The quantitative estimate of drug-likeness (QED) is 0.198. The summed E-state index contributed by atoms with van der Waals surface area (Å²) in [7, 11) is -5.02. The van der Waals surface area contributed by atoms with E-state index >= 15 is 0 Å². The van der Waals surface area contributed by atoms with E-state index in [1.54, 1.807) is 56.4 Å². The van der Waals surface area contributed by atoms with Crippen LogP contribution >= 0.6 is 7.82 Å². The second kappa shape index (κ2) is 11.6. The summed E-state index contributed by atoms with van der Waals surface area (Å²) in [6, 6.07) is 16.2. The fraction of sp³-hybridized carbons (Fsp3) is 0.267. The molecule has 230 valence electrons. The van der Waals surface area contributed by atoms with Gasteiger partial charge in [-0.25, -0.2) is 23.9 Å². The molecule has 5 aromatic rings. The summed E-state index contributed by atoms with van der Waals surface area (Å²) in [5, 5.41) is 9.56. The molecule has 0 aliphatic carbocycles. The molecule has 0 unspecified atom stereocenters. The van der Waals surface area contributed by atoms with Gasteiger partial charge in [-0.2, -0.15) is 5.26 Å². The van der Waals surface area contributed by atoms with Crippen LogP contribution < -0.4 is 16.1 Å². The lowest BCUT2D eigenvalue weighted by Gasteiger charge is -2.27. The van der Waals surface area contributed by atoms with Gasteiger partial charge in [-0.15, -0.1) is 0 Å². The van der Waals surface area contributed by atoms with E-state index in [0.29, 0.717) is 45.8 Å². The van der Waals surface area contributed by atoms with E-state index in [9.17, 15) is 29.2 Å². The lowest BCUT2D eigenvalue weighted by atomic mass is 9.86. The maximum atomic E-state index is 13.9. The summed E-state index contributed by atoms with van der Waals surface area (Å²) in [4.78, 5) is 61.9. The number of phosphoric acid groups is 1. The van der Waals surface area contributed by atoms with Gasteiger partial charge in [0.15, 0.2) is 0 Å². The summed E-state index contributed by atoms with van der Waals surface area (Å²) in [5.41, 5.74) is 0.472. The highest BCUT2D eigenvalue weighted by Crippen LogP contribution is 2.36. The zero-order valence-corrected chi connectivity index (χ0v) is 25.2. The molecule has 1 aromatic carbocycles. The van der Waals surface area contributed by atoms with Gasteiger partial charge < -0.3 is 19.4 Å². The smallest absolute Gasteiger partial charge is 0.378 e. The Bertz CT molecular complexity index is 2130. The summed E-state index contributed by atoms with van der Waals surface area (Å²) >= 11 is 0. The number of hydrogen-bond acceptors (Lipinski definition) is 10. The molecule has 0 bridgehead atoms. The molecular weight excluding hydrogens is 601 g/mol. The lowest BCUT2D eigenvalue weighted by Crippen LogP contribution is -2.40. The highest BCUT2D eigenvalue weighted by atomic mass is 31.2. The summed E-state index contributed by atoms with van der Waals surface area (Å²) in [6.07, 6.45) is 2.99. The molecule has 4 aromatic heterocycles. The number of hydrogen-bond donors (Lipinski definition) is 2. The second-order valence-electron chi connectivity index (χ2n) is 11.0. The van der Waals surface area contributed by atoms with Crippen molar-refractivity contribution < 1.29 is 23.6 Å². The van der Waals surface area contributed by atoms with Crippen LogP contribution in [0.2, 0.25) is 0 Å². The maximum Gasteiger partial charge on any atom is 0.471 e. The number of pyridine rings is 3. The van der Waals surface area contributed by atoms with Crippen molar-refractivity contribution in [3.63, 3.8) is 0 Å². The largest absolute Gasteiger partial charge is 0.471 e. The Morgan fingerprint density at radius 1 is 1.02 bits per heavy atom. The van der Waals surface area contributed by atoms with Gasteiger partial charge >= 0.3 is 13.5 Å². The van der Waals surface area contributed by atoms with Gasteiger partial charge in [0.25, 0.3) is 5.56 Å². The van der Waals surface area contributed by atoms with Crippen LogP contribution in [-0.2, 0) is 26.0 Å². The fourth-order valence-electron chi connectivity index (χ4n) is 5.14. The number of aromatic nitrogens is 5. The van der Waals surface area contributed by atoms with Gasteiger partial charge in [-0.3, -0.25) is 18.9 Å². The molecule has 0 radical (unpaired) electrons. The van der Waals surface area contributed by atoms with Crippen LogP contribution in [0.4, 0.5) is 5.82 Å².